The molecule has 0 bridgehead atoms. The molecule has 3 rings (SSSR count). The van der Waals surface area contributed by atoms with Gasteiger partial charge < -0.3 is 4.74 Å². The third kappa shape index (κ3) is 2.54. The summed E-state index contributed by atoms with van der Waals surface area (Å²) in [5, 5.41) is 0.651. The van der Waals surface area contributed by atoms with Crippen LogP contribution in [0, 0.1) is 5.92 Å². The quantitative estimate of drug-likeness (QED) is 0.606. The molecule has 0 aromatic heterocycles. The van der Waals surface area contributed by atoms with Gasteiger partial charge in [-0.05, 0) is 49.8 Å². The molecule has 0 saturated heterocycles. The van der Waals surface area contributed by atoms with Gasteiger partial charge in [0.25, 0.3) is 0 Å². The van der Waals surface area contributed by atoms with Crippen LogP contribution in [0.5, 0.6) is 5.75 Å². The van der Waals surface area contributed by atoms with Gasteiger partial charge >= 0.3 is 0 Å². The van der Waals surface area contributed by atoms with E-state index < -0.39 is 5.54 Å². The van der Waals surface area contributed by atoms with Gasteiger partial charge in [0.1, 0.15) is 11.3 Å². The van der Waals surface area contributed by atoms with Gasteiger partial charge in [-0.3, -0.25) is 0 Å². The number of ether oxygens (including phenoxy) is 1. The van der Waals surface area contributed by atoms with Crippen LogP contribution in [0.4, 0.5) is 0 Å². The number of hydrogen-bond acceptors (Lipinski definition) is 3. The highest BCUT2D eigenvalue weighted by molar-refractivity contribution is 6.30. The Morgan fingerprint density at radius 2 is 2.21 bits per heavy atom. The van der Waals surface area contributed by atoms with E-state index in [0.29, 0.717) is 10.9 Å². The van der Waals surface area contributed by atoms with Crippen LogP contribution in [-0.2, 0) is 10.3 Å². The Labute approximate surface area is 117 Å². The van der Waals surface area contributed by atoms with Crippen LogP contribution in [0.2, 0.25) is 5.02 Å². The Bertz CT molecular complexity index is 529. The van der Waals surface area contributed by atoms with Crippen molar-refractivity contribution >= 4 is 17.7 Å². The van der Waals surface area contributed by atoms with E-state index in [0.717, 1.165) is 30.8 Å². The number of halogens is 1. The first-order valence-corrected chi connectivity index (χ1v) is 7.13. The van der Waals surface area contributed by atoms with E-state index in [4.69, 9.17) is 16.3 Å². The Morgan fingerprint density at radius 3 is 2.79 bits per heavy atom. The van der Waals surface area contributed by atoms with Gasteiger partial charge in [0, 0.05) is 10.6 Å². The van der Waals surface area contributed by atoms with Gasteiger partial charge in [-0.1, -0.05) is 18.0 Å². The lowest BCUT2D eigenvalue weighted by Crippen LogP contribution is -2.20. The highest BCUT2D eigenvalue weighted by Crippen LogP contribution is 2.52. The van der Waals surface area contributed by atoms with Crippen LogP contribution in [-0.4, -0.2) is 12.7 Å². The summed E-state index contributed by atoms with van der Waals surface area (Å²) in [5.74, 6) is 1.49. The zero-order valence-electron chi connectivity index (χ0n) is 10.7. The summed E-state index contributed by atoms with van der Waals surface area (Å²) in [6, 6.07) is 5.57. The van der Waals surface area contributed by atoms with Gasteiger partial charge in [-0.2, -0.15) is 4.99 Å². The molecular weight excluding hydrogens is 262 g/mol. The molecule has 19 heavy (non-hydrogen) atoms. The molecule has 0 aliphatic heterocycles. The fraction of sp³-hybridized carbons (Fsp3) is 0.533. The lowest BCUT2D eigenvalue weighted by Gasteiger charge is -2.26. The lowest BCUT2D eigenvalue weighted by atomic mass is 9.86. The number of benzene rings is 1. The Balaban J connectivity index is 1.84. The monoisotopic (exact) mass is 277 g/mol. The summed E-state index contributed by atoms with van der Waals surface area (Å²) >= 11 is 6.06. The Hall–Kier alpha value is -1.31. The van der Waals surface area contributed by atoms with Crippen molar-refractivity contribution in [3.8, 4) is 5.75 Å². The molecule has 0 heterocycles. The third-order valence-electron chi connectivity index (χ3n) is 4.13. The summed E-state index contributed by atoms with van der Waals surface area (Å²) < 4.78 is 5.92. The second kappa shape index (κ2) is 4.99. The van der Waals surface area contributed by atoms with E-state index in [-0.39, 0.29) is 0 Å². The van der Waals surface area contributed by atoms with Crippen molar-refractivity contribution in [2.75, 3.05) is 6.61 Å². The van der Waals surface area contributed by atoms with Crippen LogP contribution in [0.3, 0.4) is 0 Å². The first kappa shape index (κ1) is 12.7. The number of carbonyl (C=O) groups excluding carboxylic acids is 1. The average Bonchev–Trinajstić information content (AvgIpc) is 3.10. The molecule has 0 unspecified atom stereocenters. The van der Waals surface area contributed by atoms with Crippen molar-refractivity contribution in [2.45, 2.75) is 37.6 Å². The predicted octanol–water partition coefficient (Wildman–Crippen LogP) is 3.84. The minimum Gasteiger partial charge on any atom is -0.493 e. The molecule has 2 fully saturated rings. The molecule has 0 atom stereocenters. The van der Waals surface area contributed by atoms with Crippen LogP contribution in [0.15, 0.2) is 23.2 Å². The Kier molecular flexibility index (Phi) is 3.34. The van der Waals surface area contributed by atoms with Crippen molar-refractivity contribution in [3.63, 3.8) is 0 Å². The zero-order chi connectivity index (χ0) is 13.3. The lowest BCUT2D eigenvalue weighted by molar-refractivity contribution is 0.179. The van der Waals surface area contributed by atoms with Gasteiger partial charge in [0.2, 0.25) is 6.08 Å². The topological polar surface area (TPSA) is 38.7 Å². The zero-order valence-corrected chi connectivity index (χ0v) is 11.4. The second-order valence-electron chi connectivity index (χ2n) is 5.48. The van der Waals surface area contributed by atoms with Crippen molar-refractivity contribution in [2.24, 2.45) is 10.9 Å². The molecule has 1 aromatic carbocycles. The predicted molar refractivity (Wildman–Crippen MR) is 73.3 cm³/mol. The fourth-order valence-electron chi connectivity index (χ4n) is 2.51. The van der Waals surface area contributed by atoms with E-state index in [2.05, 4.69) is 4.99 Å². The minimum atomic E-state index is -0.429. The van der Waals surface area contributed by atoms with Gasteiger partial charge in [-0.25, -0.2) is 4.79 Å². The van der Waals surface area contributed by atoms with Gasteiger partial charge in [0.05, 0.1) is 6.61 Å². The normalized spacial score (nSPS) is 20.3. The molecule has 2 aliphatic carbocycles. The van der Waals surface area contributed by atoms with E-state index in [9.17, 15) is 4.79 Å². The number of aliphatic imine (C=N–C) groups is 1. The molecular formula is C15H16ClNO2. The number of hydrogen-bond donors (Lipinski definition) is 0. The SMILES string of the molecule is O=C=NC1(c2cc(Cl)ccc2OCC2CCC2)CC1. The molecule has 4 heteroatoms. The molecule has 0 spiro atoms. The van der Waals surface area contributed by atoms with Crippen molar-refractivity contribution in [1.29, 1.82) is 0 Å². The summed E-state index contributed by atoms with van der Waals surface area (Å²) in [5.41, 5.74) is 0.504. The van der Waals surface area contributed by atoms with Crippen LogP contribution in [0.1, 0.15) is 37.7 Å². The fourth-order valence-corrected chi connectivity index (χ4v) is 2.68. The molecule has 0 amide bonds. The molecule has 0 N–H and O–H groups in total. The van der Waals surface area contributed by atoms with Crippen molar-refractivity contribution in [3.05, 3.63) is 28.8 Å². The molecule has 2 saturated carbocycles. The molecule has 1 aromatic rings. The first-order valence-electron chi connectivity index (χ1n) is 6.75. The van der Waals surface area contributed by atoms with Gasteiger partial charge in [-0.15, -0.1) is 0 Å². The molecule has 0 radical (unpaired) electrons. The maximum Gasteiger partial charge on any atom is 0.235 e. The van der Waals surface area contributed by atoms with Crippen LogP contribution in [0.25, 0.3) is 0 Å². The average molecular weight is 278 g/mol. The van der Waals surface area contributed by atoms with Crippen LogP contribution >= 0.6 is 11.6 Å². The number of rotatable bonds is 5. The maximum absolute atomic E-state index is 10.6. The Morgan fingerprint density at radius 1 is 1.42 bits per heavy atom. The number of nitrogens with zero attached hydrogens (tertiary/aromatic N) is 1. The minimum absolute atomic E-state index is 0.429. The molecule has 100 valence electrons. The first-order chi connectivity index (χ1) is 9.23. The van der Waals surface area contributed by atoms with E-state index in [1.807, 2.05) is 18.2 Å². The van der Waals surface area contributed by atoms with Crippen molar-refractivity contribution < 1.29 is 9.53 Å². The summed E-state index contributed by atoms with van der Waals surface area (Å²) in [4.78, 5) is 14.5. The highest BCUT2D eigenvalue weighted by atomic mass is 35.5. The largest absolute Gasteiger partial charge is 0.493 e. The highest BCUT2D eigenvalue weighted by Gasteiger charge is 2.47. The third-order valence-corrected chi connectivity index (χ3v) is 4.36. The number of isocyanates is 1. The molecule has 2 aliphatic rings. The van der Waals surface area contributed by atoms with E-state index >= 15 is 0 Å². The second-order valence-corrected chi connectivity index (χ2v) is 5.92. The molecule has 3 nitrogen and oxygen atoms in total. The van der Waals surface area contributed by atoms with E-state index in [1.54, 1.807) is 6.08 Å². The maximum atomic E-state index is 10.6. The van der Waals surface area contributed by atoms with Crippen molar-refractivity contribution in [1.82, 2.24) is 0 Å². The standard InChI is InChI=1S/C15H16ClNO2/c16-12-4-5-14(19-9-11-2-1-3-11)13(8-12)15(6-7-15)17-10-18/h4-5,8,11H,1-3,6-7,9H2. The summed E-state index contributed by atoms with van der Waals surface area (Å²) in [6.45, 7) is 0.746. The van der Waals surface area contributed by atoms with E-state index in [1.165, 1.54) is 19.3 Å². The summed E-state index contributed by atoms with van der Waals surface area (Å²) in [7, 11) is 0. The van der Waals surface area contributed by atoms with Crippen LogP contribution < -0.4 is 4.74 Å². The smallest absolute Gasteiger partial charge is 0.235 e. The summed E-state index contributed by atoms with van der Waals surface area (Å²) in [6.07, 6.45) is 7.21. The van der Waals surface area contributed by atoms with Gasteiger partial charge in [0.15, 0.2) is 0 Å².